The highest BCUT2D eigenvalue weighted by Gasteiger charge is 2.42. The predicted molar refractivity (Wildman–Crippen MR) is 80.4 cm³/mol. The normalized spacial score (nSPS) is 30.2. The number of fused-ring (bicyclic) bond motifs is 1. The molecule has 1 saturated carbocycles. The molecule has 3 unspecified atom stereocenters. The first kappa shape index (κ1) is 12.4. The van der Waals surface area contributed by atoms with Crippen LogP contribution in [0.2, 0.25) is 0 Å². The summed E-state index contributed by atoms with van der Waals surface area (Å²) < 4.78 is 1.14. The average molecular weight is 356 g/mol. The summed E-state index contributed by atoms with van der Waals surface area (Å²) in [7, 11) is 0. The second-order valence-electron chi connectivity index (χ2n) is 5.24. The zero-order valence-electron chi connectivity index (χ0n) is 10.2. The van der Waals surface area contributed by atoms with Crippen LogP contribution in [0.5, 0.6) is 0 Å². The number of benzene rings is 1. The lowest BCUT2D eigenvalue weighted by Crippen LogP contribution is -2.39. The molecule has 3 nitrogen and oxygen atoms in total. The van der Waals surface area contributed by atoms with Crippen LogP contribution in [-0.4, -0.2) is 18.5 Å². The van der Waals surface area contributed by atoms with Crippen molar-refractivity contribution >= 4 is 34.2 Å². The maximum Gasteiger partial charge on any atom is 0.241 e. The Balaban J connectivity index is 1.68. The van der Waals surface area contributed by atoms with E-state index in [-0.39, 0.29) is 11.9 Å². The van der Waals surface area contributed by atoms with Crippen molar-refractivity contribution in [2.75, 3.05) is 11.9 Å². The van der Waals surface area contributed by atoms with Crippen molar-refractivity contribution in [2.24, 2.45) is 11.8 Å². The van der Waals surface area contributed by atoms with Gasteiger partial charge in [-0.05, 0) is 72.0 Å². The zero-order chi connectivity index (χ0) is 12.5. The van der Waals surface area contributed by atoms with E-state index in [9.17, 15) is 4.79 Å². The molecule has 2 aliphatic rings. The van der Waals surface area contributed by atoms with Gasteiger partial charge in [-0.25, -0.2) is 0 Å². The Morgan fingerprint density at radius 1 is 1.39 bits per heavy atom. The number of rotatable bonds is 2. The fourth-order valence-corrected chi connectivity index (χ4v) is 3.80. The molecule has 1 amide bonds. The minimum Gasteiger partial charge on any atom is -0.325 e. The summed E-state index contributed by atoms with van der Waals surface area (Å²) in [4.78, 5) is 12.3. The molecular formula is C14H17IN2O. The zero-order valence-corrected chi connectivity index (χ0v) is 12.3. The number of hydrogen-bond donors (Lipinski definition) is 2. The van der Waals surface area contributed by atoms with E-state index in [4.69, 9.17) is 0 Å². The molecule has 0 aromatic heterocycles. The Morgan fingerprint density at radius 2 is 2.28 bits per heavy atom. The van der Waals surface area contributed by atoms with Gasteiger partial charge >= 0.3 is 0 Å². The van der Waals surface area contributed by atoms with E-state index in [1.807, 2.05) is 24.3 Å². The molecule has 1 aromatic rings. The van der Waals surface area contributed by atoms with E-state index >= 15 is 0 Å². The van der Waals surface area contributed by atoms with Crippen LogP contribution in [0.25, 0.3) is 0 Å². The molecule has 1 aliphatic heterocycles. The number of carbonyl (C=O) groups excluding carboxylic acids is 1. The third kappa shape index (κ3) is 2.40. The average Bonchev–Trinajstić information content (AvgIpc) is 2.89. The molecule has 0 bridgehead atoms. The van der Waals surface area contributed by atoms with Gasteiger partial charge in [0.1, 0.15) is 0 Å². The molecule has 4 heteroatoms. The second-order valence-corrected chi connectivity index (χ2v) is 6.49. The van der Waals surface area contributed by atoms with Crippen molar-refractivity contribution in [3.63, 3.8) is 0 Å². The van der Waals surface area contributed by atoms with Crippen molar-refractivity contribution in [3.8, 4) is 0 Å². The van der Waals surface area contributed by atoms with Crippen molar-refractivity contribution in [1.29, 1.82) is 0 Å². The van der Waals surface area contributed by atoms with E-state index in [2.05, 4.69) is 33.2 Å². The lowest BCUT2D eigenvalue weighted by Gasteiger charge is -2.17. The summed E-state index contributed by atoms with van der Waals surface area (Å²) in [5, 5.41) is 6.41. The Labute approximate surface area is 121 Å². The van der Waals surface area contributed by atoms with Gasteiger partial charge in [0.25, 0.3) is 0 Å². The van der Waals surface area contributed by atoms with E-state index in [1.54, 1.807) is 0 Å². The highest BCUT2D eigenvalue weighted by molar-refractivity contribution is 14.1. The Hall–Kier alpha value is -0.620. The molecule has 0 spiro atoms. The molecule has 0 radical (unpaired) electrons. The Kier molecular flexibility index (Phi) is 3.56. The minimum absolute atomic E-state index is 0.00960. The Bertz CT molecular complexity index is 463. The minimum atomic E-state index is 0.00960. The number of anilines is 1. The van der Waals surface area contributed by atoms with Crippen molar-refractivity contribution in [2.45, 2.75) is 25.3 Å². The van der Waals surface area contributed by atoms with Gasteiger partial charge in [-0.15, -0.1) is 0 Å². The maximum atomic E-state index is 12.3. The molecule has 18 heavy (non-hydrogen) atoms. The largest absolute Gasteiger partial charge is 0.325 e. The summed E-state index contributed by atoms with van der Waals surface area (Å²) in [5.74, 6) is 1.40. The molecule has 96 valence electrons. The summed E-state index contributed by atoms with van der Waals surface area (Å²) in [5.41, 5.74) is 0.898. The fraction of sp³-hybridized carbons (Fsp3) is 0.500. The monoisotopic (exact) mass is 356 g/mol. The quantitative estimate of drug-likeness (QED) is 0.800. The van der Waals surface area contributed by atoms with Crippen LogP contribution < -0.4 is 10.6 Å². The third-order valence-corrected chi connectivity index (χ3v) is 4.79. The van der Waals surface area contributed by atoms with Gasteiger partial charge < -0.3 is 10.6 Å². The summed E-state index contributed by atoms with van der Waals surface area (Å²) in [6, 6.07) is 7.95. The lowest BCUT2D eigenvalue weighted by atomic mass is 9.93. The number of amides is 1. The van der Waals surface area contributed by atoms with Gasteiger partial charge in [-0.1, -0.05) is 12.5 Å². The molecule has 2 N–H and O–H groups in total. The van der Waals surface area contributed by atoms with Gasteiger partial charge in [0.05, 0.1) is 6.04 Å². The van der Waals surface area contributed by atoms with Gasteiger partial charge in [0.15, 0.2) is 0 Å². The molecule has 1 aliphatic carbocycles. The first-order valence-corrected chi connectivity index (χ1v) is 7.62. The van der Waals surface area contributed by atoms with Crippen molar-refractivity contribution in [3.05, 3.63) is 27.8 Å². The van der Waals surface area contributed by atoms with Crippen LogP contribution in [0, 0.1) is 15.4 Å². The molecule has 1 heterocycles. The SMILES string of the molecule is O=C(Nc1cccc(I)c1)C1NCC2CCCC21. The van der Waals surface area contributed by atoms with E-state index in [0.717, 1.165) is 21.7 Å². The van der Waals surface area contributed by atoms with Crippen LogP contribution >= 0.6 is 22.6 Å². The van der Waals surface area contributed by atoms with Gasteiger partial charge in [-0.2, -0.15) is 0 Å². The van der Waals surface area contributed by atoms with Crippen LogP contribution in [-0.2, 0) is 4.79 Å². The van der Waals surface area contributed by atoms with Crippen molar-refractivity contribution in [1.82, 2.24) is 5.32 Å². The second kappa shape index (κ2) is 5.17. The molecule has 2 fully saturated rings. The first-order valence-electron chi connectivity index (χ1n) is 6.54. The smallest absolute Gasteiger partial charge is 0.241 e. The number of hydrogen-bond acceptors (Lipinski definition) is 2. The number of halogens is 1. The number of nitrogens with one attached hydrogen (secondary N) is 2. The van der Waals surface area contributed by atoms with Crippen molar-refractivity contribution < 1.29 is 4.79 Å². The highest BCUT2D eigenvalue weighted by atomic mass is 127. The van der Waals surface area contributed by atoms with Gasteiger partial charge in [-0.3, -0.25) is 4.79 Å². The standard InChI is InChI=1S/C14H17IN2O/c15-10-4-2-5-11(7-10)17-14(18)13-12-6-1-3-9(12)8-16-13/h2,4-5,7,9,12-13,16H,1,3,6,8H2,(H,17,18). The molecule has 1 saturated heterocycles. The van der Waals surface area contributed by atoms with Crippen LogP contribution in [0.1, 0.15) is 19.3 Å². The third-order valence-electron chi connectivity index (χ3n) is 4.12. The summed E-state index contributed by atoms with van der Waals surface area (Å²) >= 11 is 2.26. The molecular weight excluding hydrogens is 339 g/mol. The molecule has 3 atom stereocenters. The maximum absolute atomic E-state index is 12.3. The topological polar surface area (TPSA) is 41.1 Å². The predicted octanol–water partition coefficient (Wildman–Crippen LogP) is 2.62. The molecule has 3 rings (SSSR count). The van der Waals surface area contributed by atoms with Crippen LogP contribution in [0.3, 0.4) is 0 Å². The van der Waals surface area contributed by atoms with Gasteiger partial charge in [0.2, 0.25) is 5.91 Å². The van der Waals surface area contributed by atoms with E-state index < -0.39 is 0 Å². The van der Waals surface area contributed by atoms with E-state index in [1.165, 1.54) is 19.3 Å². The Morgan fingerprint density at radius 3 is 3.11 bits per heavy atom. The summed E-state index contributed by atoms with van der Waals surface area (Å²) in [6.07, 6.45) is 3.76. The van der Waals surface area contributed by atoms with Crippen LogP contribution in [0.4, 0.5) is 5.69 Å². The highest BCUT2D eigenvalue weighted by Crippen LogP contribution is 2.37. The lowest BCUT2D eigenvalue weighted by molar-refractivity contribution is -0.118. The van der Waals surface area contributed by atoms with Gasteiger partial charge in [0, 0.05) is 9.26 Å². The molecule has 1 aromatic carbocycles. The number of carbonyl (C=O) groups is 1. The van der Waals surface area contributed by atoms with E-state index in [0.29, 0.717) is 5.92 Å². The fourth-order valence-electron chi connectivity index (χ4n) is 3.26. The summed E-state index contributed by atoms with van der Waals surface area (Å²) in [6.45, 7) is 1.01. The first-order chi connectivity index (χ1) is 8.74. The van der Waals surface area contributed by atoms with Crippen LogP contribution in [0.15, 0.2) is 24.3 Å².